The van der Waals surface area contributed by atoms with Crippen LogP contribution in [0.5, 0.6) is 11.6 Å². The molecule has 7 nitrogen and oxygen atoms in total. The molecule has 0 atom stereocenters. The molecule has 1 heterocycles. The predicted octanol–water partition coefficient (Wildman–Crippen LogP) is 2.40. The van der Waals surface area contributed by atoms with Gasteiger partial charge < -0.3 is 15.2 Å². The highest BCUT2D eigenvalue weighted by atomic mass is 16.5. The summed E-state index contributed by atoms with van der Waals surface area (Å²) < 4.78 is 5.56. The Balaban J connectivity index is 1.71. The van der Waals surface area contributed by atoms with Gasteiger partial charge in [-0.3, -0.25) is 14.6 Å². The van der Waals surface area contributed by atoms with Gasteiger partial charge in [-0.2, -0.15) is 0 Å². The lowest BCUT2D eigenvalue weighted by Gasteiger charge is -2.41. The number of benzene rings is 1. The molecular formula is C17H17N3O4. The number of rotatable bonds is 6. The molecule has 1 fully saturated rings. The molecule has 0 aliphatic heterocycles. The number of ether oxygens (including phenoxy) is 1. The molecular weight excluding hydrogens is 310 g/mol. The largest absolute Gasteiger partial charge is 0.481 e. The molecule has 3 rings (SSSR count). The Kier molecular flexibility index (Phi) is 4.41. The number of hydrogen-bond donors (Lipinski definition) is 2. The van der Waals surface area contributed by atoms with Crippen LogP contribution in [0.3, 0.4) is 0 Å². The molecule has 0 spiro atoms. The first-order valence-corrected chi connectivity index (χ1v) is 7.65. The minimum Gasteiger partial charge on any atom is -0.481 e. The molecule has 2 aromatic rings. The van der Waals surface area contributed by atoms with Crippen LogP contribution in [0, 0.1) is 0 Å². The Morgan fingerprint density at radius 3 is 2.75 bits per heavy atom. The van der Waals surface area contributed by atoms with Crippen molar-refractivity contribution in [1.29, 1.82) is 0 Å². The monoisotopic (exact) mass is 327 g/mol. The molecule has 1 aromatic carbocycles. The van der Waals surface area contributed by atoms with Crippen LogP contribution in [0.1, 0.15) is 36.0 Å². The number of aliphatic carboxylic acids is 1. The van der Waals surface area contributed by atoms with Crippen LogP contribution in [0.15, 0.2) is 42.9 Å². The first-order valence-electron chi connectivity index (χ1n) is 7.65. The van der Waals surface area contributed by atoms with Gasteiger partial charge in [0.2, 0.25) is 5.88 Å². The van der Waals surface area contributed by atoms with Crippen LogP contribution in [0.2, 0.25) is 0 Å². The first kappa shape index (κ1) is 15.9. The standard InChI is InChI=1S/C17H17N3O4/c21-15(22)10-17(5-2-6-17)20-16(23)12-3-1-4-13(9-12)24-14-11-18-7-8-19-14/h1,3-4,7-9,11H,2,5-6,10H2,(H,20,23)(H,21,22). The van der Waals surface area contributed by atoms with Crippen LogP contribution in [0.25, 0.3) is 0 Å². The number of aromatic nitrogens is 2. The highest BCUT2D eigenvalue weighted by molar-refractivity contribution is 5.95. The van der Waals surface area contributed by atoms with Gasteiger partial charge in [0.15, 0.2) is 0 Å². The Morgan fingerprint density at radius 2 is 2.12 bits per heavy atom. The Labute approximate surface area is 138 Å². The third kappa shape index (κ3) is 3.68. The maximum atomic E-state index is 12.5. The van der Waals surface area contributed by atoms with Gasteiger partial charge in [-0.1, -0.05) is 6.07 Å². The number of carboxylic acids is 1. The zero-order valence-corrected chi connectivity index (χ0v) is 12.9. The number of hydrogen-bond acceptors (Lipinski definition) is 5. The van der Waals surface area contributed by atoms with E-state index in [1.54, 1.807) is 24.3 Å². The SMILES string of the molecule is O=C(O)CC1(NC(=O)c2cccc(Oc3cnccn3)c2)CCC1. The molecule has 0 unspecified atom stereocenters. The van der Waals surface area contributed by atoms with Crippen molar-refractivity contribution in [3.05, 3.63) is 48.4 Å². The van der Waals surface area contributed by atoms with Crippen molar-refractivity contribution in [2.75, 3.05) is 0 Å². The molecule has 0 radical (unpaired) electrons. The molecule has 124 valence electrons. The molecule has 1 amide bonds. The fourth-order valence-electron chi connectivity index (χ4n) is 2.71. The molecule has 1 aliphatic carbocycles. The van der Waals surface area contributed by atoms with Crippen molar-refractivity contribution in [1.82, 2.24) is 15.3 Å². The highest BCUT2D eigenvalue weighted by Crippen LogP contribution is 2.35. The van der Waals surface area contributed by atoms with Crippen molar-refractivity contribution in [2.45, 2.75) is 31.2 Å². The quantitative estimate of drug-likeness (QED) is 0.845. The summed E-state index contributed by atoms with van der Waals surface area (Å²) in [5.74, 6) is -0.421. The van der Waals surface area contributed by atoms with Crippen LogP contribution < -0.4 is 10.1 Å². The van der Waals surface area contributed by atoms with Crippen molar-refractivity contribution >= 4 is 11.9 Å². The van der Waals surface area contributed by atoms with E-state index in [-0.39, 0.29) is 12.3 Å². The summed E-state index contributed by atoms with van der Waals surface area (Å²) in [5, 5.41) is 11.9. The summed E-state index contributed by atoms with van der Waals surface area (Å²) in [7, 11) is 0. The molecule has 2 N–H and O–H groups in total. The summed E-state index contributed by atoms with van der Waals surface area (Å²) >= 11 is 0. The van der Waals surface area contributed by atoms with E-state index in [1.807, 2.05) is 0 Å². The zero-order chi connectivity index (χ0) is 17.0. The Bertz CT molecular complexity index is 745. The normalized spacial score (nSPS) is 15.2. The van der Waals surface area contributed by atoms with Gasteiger partial charge in [0.05, 0.1) is 18.2 Å². The van der Waals surface area contributed by atoms with Crippen LogP contribution in [-0.2, 0) is 4.79 Å². The molecule has 1 aromatic heterocycles. The van der Waals surface area contributed by atoms with Gasteiger partial charge in [-0.25, -0.2) is 4.98 Å². The summed E-state index contributed by atoms with van der Waals surface area (Å²) in [6, 6.07) is 6.66. The number of amides is 1. The third-order valence-corrected chi connectivity index (χ3v) is 4.04. The number of carbonyl (C=O) groups excluding carboxylic acids is 1. The zero-order valence-electron chi connectivity index (χ0n) is 12.9. The third-order valence-electron chi connectivity index (χ3n) is 4.04. The summed E-state index contributed by atoms with van der Waals surface area (Å²) in [6.45, 7) is 0. The molecule has 0 saturated heterocycles. The number of nitrogens with zero attached hydrogens (tertiary/aromatic N) is 2. The summed E-state index contributed by atoms with van der Waals surface area (Å²) in [5.41, 5.74) is -0.224. The van der Waals surface area contributed by atoms with Gasteiger partial charge >= 0.3 is 5.97 Å². The van der Waals surface area contributed by atoms with Crippen LogP contribution >= 0.6 is 0 Å². The lowest BCUT2D eigenvalue weighted by atomic mass is 9.74. The lowest BCUT2D eigenvalue weighted by molar-refractivity contribution is -0.139. The van der Waals surface area contributed by atoms with E-state index >= 15 is 0 Å². The van der Waals surface area contributed by atoms with Gasteiger partial charge in [0, 0.05) is 18.0 Å². The Morgan fingerprint density at radius 1 is 1.29 bits per heavy atom. The molecule has 7 heteroatoms. The van der Waals surface area contributed by atoms with Crippen molar-refractivity contribution < 1.29 is 19.4 Å². The second-order valence-corrected chi connectivity index (χ2v) is 5.83. The highest BCUT2D eigenvalue weighted by Gasteiger charge is 2.40. The smallest absolute Gasteiger partial charge is 0.305 e. The molecule has 1 saturated carbocycles. The molecule has 24 heavy (non-hydrogen) atoms. The lowest BCUT2D eigenvalue weighted by Crippen LogP contribution is -2.54. The topological polar surface area (TPSA) is 101 Å². The maximum absolute atomic E-state index is 12.5. The average molecular weight is 327 g/mol. The first-order chi connectivity index (χ1) is 11.6. The predicted molar refractivity (Wildman–Crippen MR) is 84.8 cm³/mol. The maximum Gasteiger partial charge on any atom is 0.305 e. The fraction of sp³-hybridized carbons (Fsp3) is 0.294. The molecule has 1 aliphatic rings. The van der Waals surface area contributed by atoms with Crippen LogP contribution in [0.4, 0.5) is 0 Å². The van der Waals surface area contributed by atoms with E-state index in [9.17, 15) is 9.59 Å². The summed E-state index contributed by atoms with van der Waals surface area (Å²) in [4.78, 5) is 31.4. The van der Waals surface area contributed by atoms with Gasteiger partial charge in [0.25, 0.3) is 5.91 Å². The summed E-state index contributed by atoms with van der Waals surface area (Å²) in [6.07, 6.45) is 6.75. The minimum absolute atomic E-state index is 0.0610. The second-order valence-electron chi connectivity index (χ2n) is 5.83. The van der Waals surface area contributed by atoms with E-state index in [4.69, 9.17) is 9.84 Å². The van der Waals surface area contributed by atoms with Crippen molar-refractivity contribution in [3.8, 4) is 11.6 Å². The number of carbonyl (C=O) groups is 2. The van der Waals surface area contributed by atoms with Crippen LogP contribution in [-0.4, -0.2) is 32.5 Å². The van der Waals surface area contributed by atoms with E-state index in [1.165, 1.54) is 18.6 Å². The molecule has 0 bridgehead atoms. The average Bonchev–Trinajstić information content (AvgIpc) is 2.53. The van der Waals surface area contributed by atoms with Gasteiger partial charge in [-0.15, -0.1) is 0 Å². The van der Waals surface area contributed by atoms with E-state index in [0.717, 1.165) is 6.42 Å². The van der Waals surface area contributed by atoms with Crippen molar-refractivity contribution in [2.24, 2.45) is 0 Å². The number of nitrogens with one attached hydrogen (secondary N) is 1. The van der Waals surface area contributed by atoms with Gasteiger partial charge in [-0.05, 0) is 37.5 Å². The fourth-order valence-corrected chi connectivity index (χ4v) is 2.71. The van der Waals surface area contributed by atoms with E-state index in [2.05, 4.69) is 15.3 Å². The number of carboxylic acid groups (broad SMARTS) is 1. The van der Waals surface area contributed by atoms with E-state index < -0.39 is 11.5 Å². The van der Waals surface area contributed by atoms with Crippen molar-refractivity contribution in [3.63, 3.8) is 0 Å². The van der Waals surface area contributed by atoms with E-state index in [0.29, 0.717) is 30.0 Å². The minimum atomic E-state index is -0.908. The Hall–Kier alpha value is -2.96. The van der Waals surface area contributed by atoms with Gasteiger partial charge in [0.1, 0.15) is 5.75 Å². The second kappa shape index (κ2) is 6.66.